The van der Waals surface area contributed by atoms with Crippen molar-refractivity contribution in [3.05, 3.63) is 12.2 Å². The van der Waals surface area contributed by atoms with Crippen molar-refractivity contribution in [3.63, 3.8) is 0 Å². The maximum absolute atomic E-state index is 4.94. The van der Waals surface area contributed by atoms with Crippen LogP contribution in [0.3, 0.4) is 0 Å². The first-order valence-corrected chi connectivity index (χ1v) is 3.47. The predicted molar refractivity (Wildman–Crippen MR) is 47.3 cm³/mol. The van der Waals surface area contributed by atoms with Gasteiger partial charge in [0.05, 0.1) is 5.60 Å². The van der Waals surface area contributed by atoms with Crippen LogP contribution in [-0.2, 0) is 4.74 Å². The van der Waals surface area contributed by atoms with Crippen LogP contribution in [0, 0.1) is 0 Å². The lowest BCUT2D eigenvalue weighted by Gasteiger charge is -2.14. The van der Waals surface area contributed by atoms with E-state index in [0.717, 1.165) is 0 Å². The standard InChI is InChI=1S/C5H12O.C4H8/c1-5(2,3)6-4;1-4(2)3/h1-4H3;1H2,2-3H3. The van der Waals surface area contributed by atoms with Crippen molar-refractivity contribution in [3.8, 4) is 0 Å². The van der Waals surface area contributed by atoms with E-state index >= 15 is 0 Å². The Morgan fingerprint density at radius 1 is 1.20 bits per heavy atom. The van der Waals surface area contributed by atoms with Crippen molar-refractivity contribution in [2.45, 2.75) is 40.2 Å². The molecule has 0 aromatic carbocycles. The third-order valence-electron chi connectivity index (χ3n) is 0.612. The molecule has 0 aromatic heterocycles. The van der Waals surface area contributed by atoms with E-state index in [0.29, 0.717) is 0 Å². The van der Waals surface area contributed by atoms with Gasteiger partial charge >= 0.3 is 0 Å². The highest BCUT2D eigenvalue weighted by Crippen LogP contribution is 2.02. The largest absolute Gasteiger partial charge is 0.379 e. The monoisotopic (exact) mass is 144 g/mol. The summed E-state index contributed by atoms with van der Waals surface area (Å²) in [4.78, 5) is 0. The first kappa shape index (κ1) is 12.4. The zero-order valence-electron chi connectivity index (χ0n) is 8.12. The second-order valence-electron chi connectivity index (χ2n) is 3.52. The molecular weight excluding hydrogens is 124 g/mol. The highest BCUT2D eigenvalue weighted by atomic mass is 16.5. The maximum Gasteiger partial charge on any atom is 0.0594 e. The molecule has 0 unspecified atom stereocenters. The fraction of sp³-hybridized carbons (Fsp3) is 0.778. The average molecular weight is 144 g/mol. The van der Waals surface area contributed by atoms with E-state index < -0.39 is 0 Å². The van der Waals surface area contributed by atoms with E-state index in [1.807, 2.05) is 34.6 Å². The molecule has 0 saturated heterocycles. The minimum Gasteiger partial charge on any atom is -0.379 e. The normalized spacial score (nSPS) is 9.80. The highest BCUT2D eigenvalue weighted by molar-refractivity contribution is 4.78. The molecule has 0 aliphatic carbocycles. The van der Waals surface area contributed by atoms with E-state index in [9.17, 15) is 0 Å². The minimum atomic E-state index is 0.0417. The topological polar surface area (TPSA) is 9.23 Å². The third kappa shape index (κ3) is 47.4. The summed E-state index contributed by atoms with van der Waals surface area (Å²) < 4.78 is 4.94. The number of hydrogen-bond acceptors (Lipinski definition) is 1. The molecule has 0 amide bonds. The minimum absolute atomic E-state index is 0.0417. The Kier molecular flexibility index (Phi) is 6.79. The summed E-state index contributed by atoms with van der Waals surface area (Å²) in [5, 5.41) is 0. The molecule has 0 saturated carbocycles. The molecule has 0 spiro atoms. The van der Waals surface area contributed by atoms with E-state index in [1.54, 1.807) is 7.11 Å². The van der Waals surface area contributed by atoms with Crippen LogP contribution in [0.5, 0.6) is 0 Å². The molecule has 0 radical (unpaired) electrons. The lowest BCUT2D eigenvalue weighted by atomic mass is 10.2. The Balaban J connectivity index is 0. The van der Waals surface area contributed by atoms with Crippen molar-refractivity contribution in [2.24, 2.45) is 0 Å². The summed E-state index contributed by atoms with van der Waals surface area (Å²) in [6.45, 7) is 13.6. The molecule has 0 heterocycles. The number of rotatable bonds is 0. The van der Waals surface area contributed by atoms with Gasteiger partial charge in [-0.05, 0) is 34.6 Å². The van der Waals surface area contributed by atoms with Gasteiger partial charge in [-0.15, -0.1) is 6.58 Å². The van der Waals surface area contributed by atoms with Gasteiger partial charge in [0.2, 0.25) is 0 Å². The molecule has 0 atom stereocenters. The van der Waals surface area contributed by atoms with Gasteiger partial charge in [-0.25, -0.2) is 0 Å². The van der Waals surface area contributed by atoms with Crippen molar-refractivity contribution >= 4 is 0 Å². The van der Waals surface area contributed by atoms with Crippen LogP contribution in [0.4, 0.5) is 0 Å². The summed E-state index contributed by atoms with van der Waals surface area (Å²) in [6.07, 6.45) is 0. The Labute approximate surface area is 65.1 Å². The van der Waals surface area contributed by atoms with Gasteiger partial charge < -0.3 is 4.74 Å². The molecule has 0 aliphatic rings. The van der Waals surface area contributed by atoms with E-state index in [1.165, 1.54) is 5.57 Å². The molecule has 1 heteroatoms. The van der Waals surface area contributed by atoms with Crippen molar-refractivity contribution in [2.75, 3.05) is 7.11 Å². The van der Waals surface area contributed by atoms with Crippen LogP contribution in [0.1, 0.15) is 34.6 Å². The van der Waals surface area contributed by atoms with Gasteiger partial charge in [0, 0.05) is 7.11 Å². The number of methoxy groups -OCH3 is 1. The van der Waals surface area contributed by atoms with Gasteiger partial charge in [0.25, 0.3) is 0 Å². The van der Waals surface area contributed by atoms with Gasteiger partial charge in [-0.2, -0.15) is 0 Å². The molecule has 0 N–H and O–H groups in total. The molecule has 0 aromatic rings. The third-order valence-corrected chi connectivity index (χ3v) is 0.612. The van der Waals surface area contributed by atoms with Crippen LogP contribution in [0.15, 0.2) is 12.2 Å². The SMILES string of the molecule is C=C(C)C.COC(C)(C)C. The van der Waals surface area contributed by atoms with Crippen LogP contribution >= 0.6 is 0 Å². The average Bonchev–Trinajstić information content (AvgIpc) is 1.63. The second-order valence-corrected chi connectivity index (χ2v) is 3.52. The summed E-state index contributed by atoms with van der Waals surface area (Å²) in [7, 11) is 1.71. The van der Waals surface area contributed by atoms with Gasteiger partial charge in [-0.3, -0.25) is 0 Å². The zero-order valence-corrected chi connectivity index (χ0v) is 8.12. The predicted octanol–water partition coefficient (Wildman–Crippen LogP) is 3.01. The smallest absolute Gasteiger partial charge is 0.0594 e. The van der Waals surface area contributed by atoms with E-state index in [2.05, 4.69) is 6.58 Å². The highest BCUT2D eigenvalue weighted by Gasteiger charge is 2.03. The molecule has 1 nitrogen and oxygen atoms in total. The van der Waals surface area contributed by atoms with Crippen molar-refractivity contribution in [1.82, 2.24) is 0 Å². The van der Waals surface area contributed by atoms with Gasteiger partial charge in [0.1, 0.15) is 0 Å². The molecule has 10 heavy (non-hydrogen) atoms. The fourth-order valence-corrected chi connectivity index (χ4v) is 0. The molecule has 0 rings (SSSR count). The Morgan fingerprint density at radius 2 is 1.30 bits per heavy atom. The van der Waals surface area contributed by atoms with E-state index in [-0.39, 0.29) is 5.60 Å². The fourth-order valence-electron chi connectivity index (χ4n) is 0. The number of ether oxygens (including phenoxy) is 1. The first-order valence-electron chi connectivity index (χ1n) is 3.47. The van der Waals surface area contributed by atoms with E-state index in [4.69, 9.17) is 4.74 Å². The summed E-state index contributed by atoms with van der Waals surface area (Å²) >= 11 is 0. The number of hydrogen-bond donors (Lipinski definition) is 0. The van der Waals surface area contributed by atoms with Crippen molar-refractivity contribution < 1.29 is 4.74 Å². The van der Waals surface area contributed by atoms with Crippen LogP contribution in [0.25, 0.3) is 0 Å². The summed E-state index contributed by atoms with van der Waals surface area (Å²) in [5.41, 5.74) is 1.21. The Bertz CT molecular complexity index is 83.4. The molecule has 0 fully saturated rings. The maximum atomic E-state index is 4.94. The lowest BCUT2D eigenvalue weighted by Crippen LogP contribution is -2.15. The molecular formula is C9H20O. The molecule has 62 valence electrons. The second kappa shape index (κ2) is 5.48. The van der Waals surface area contributed by atoms with Gasteiger partial charge in [0.15, 0.2) is 0 Å². The molecule has 0 aliphatic heterocycles. The number of allylic oxidation sites excluding steroid dienone is 1. The van der Waals surface area contributed by atoms with Crippen LogP contribution < -0.4 is 0 Å². The lowest BCUT2D eigenvalue weighted by molar-refractivity contribution is 0.0397. The van der Waals surface area contributed by atoms with Crippen LogP contribution in [0.2, 0.25) is 0 Å². The summed E-state index contributed by atoms with van der Waals surface area (Å²) in [6, 6.07) is 0. The molecule has 0 bridgehead atoms. The Morgan fingerprint density at radius 3 is 1.30 bits per heavy atom. The van der Waals surface area contributed by atoms with Gasteiger partial charge in [-0.1, -0.05) is 5.57 Å². The van der Waals surface area contributed by atoms with Crippen molar-refractivity contribution in [1.29, 1.82) is 0 Å². The zero-order chi connectivity index (χ0) is 8.78. The quantitative estimate of drug-likeness (QED) is 0.475. The Hall–Kier alpha value is -0.300. The summed E-state index contributed by atoms with van der Waals surface area (Å²) in [5.74, 6) is 0. The first-order chi connectivity index (χ1) is 4.29. The van der Waals surface area contributed by atoms with Crippen LogP contribution in [-0.4, -0.2) is 12.7 Å².